The summed E-state index contributed by atoms with van der Waals surface area (Å²) in [6, 6.07) is 7.40. The second kappa shape index (κ2) is 5.72. The number of carbonyl (C=O) groups is 2. The Bertz CT molecular complexity index is 722. The fraction of sp³-hybridized carbons (Fsp3) is 0.526. The quantitative estimate of drug-likeness (QED) is 0.800. The van der Waals surface area contributed by atoms with Crippen molar-refractivity contribution >= 4 is 17.7 Å². The van der Waals surface area contributed by atoms with Crippen LogP contribution in [0.3, 0.4) is 0 Å². The first-order valence-electron chi connectivity index (χ1n) is 8.32. The molecule has 0 bridgehead atoms. The van der Waals surface area contributed by atoms with Crippen LogP contribution in [0.5, 0.6) is 0 Å². The summed E-state index contributed by atoms with van der Waals surface area (Å²) in [6.45, 7) is 8.41. The molecule has 0 unspecified atom stereocenters. The molecular weight excluding hydrogens is 306 g/mol. The van der Waals surface area contributed by atoms with Crippen LogP contribution in [0, 0.1) is 5.92 Å². The highest BCUT2D eigenvalue weighted by molar-refractivity contribution is 6.07. The van der Waals surface area contributed by atoms with Crippen LogP contribution >= 0.6 is 0 Å². The zero-order chi connectivity index (χ0) is 17.5. The molecule has 2 aliphatic rings. The Kier molecular flexibility index (Phi) is 3.98. The average Bonchev–Trinajstić information content (AvgIpc) is 2.92. The number of fused-ring (bicyclic) bond motifs is 1. The molecule has 128 valence electrons. The van der Waals surface area contributed by atoms with Gasteiger partial charge in [0.1, 0.15) is 6.61 Å². The van der Waals surface area contributed by atoms with Crippen LogP contribution in [0.2, 0.25) is 0 Å². The van der Waals surface area contributed by atoms with E-state index in [-0.39, 0.29) is 30.3 Å². The van der Waals surface area contributed by atoms with Crippen molar-refractivity contribution < 1.29 is 19.1 Å². The van der Waals surface area contributed by atoms with Crippen molar-refractivity contribution in [3.8, 4) is 0 Å². The first-order chi connectivity index (χ1) is 11.3. The van der Waals surface area contributed by atoms with Gasteiger partial charge in [0.2, 0.25) is 0 Å². The summed E-state index contributed by atoms with van der Waals surface area (Å²) < 4.78 is 11.1. The van der Waals surface area contributed by atoms with Crippen LogP contribution in [0.15, 0.2) is 29.3 Å². The van der Waals surface area contributed by atoms with Crippen molar-refractivity contribution in [2.75, 3.05) is 13.2 Å². The number of benzene rings is 1. The molecule has 1 aliphatic heterocycles. The smallest absolute Gasteiger partial charge is 0.310 e. The predicted octanol–water partition coefficient (Wildman–Crippen LogP) is 2.92. The third-order valence-electron chi connectivity index (χ3n) is 4.86. The molecule has 1 heterocycles. The Morgan fingerprint density at radius 1 is 1.33 bits per heavy atom. The normalized spacial score (nSPS) is 27.9. The van der Waals surface area contributed by atoms with Crippen LogP contribution in [0.4, 0.5) is 0 Å². The standard InChI is InChI=1S/C19H23NO4/c1-5-23-16(22)14-10-15(21)12-8-6-7-9-13(12)19(14,4)17-20-18(2,3)11-24-17/h6-9,14H,5,10-11H2,1-4H3/t14-,19-/m1/s1. The van der Waals surface area contributed by atoms with E-state index in [9.17, 15) is 9.59 Å². The van der Waals surface area contributed by atoms with E-state index in [2.05, 4.69) is 0 Å². The fourth-order valence-corrected chi connectivity index (χ4v) is 3.54. The largest absolute Gasteiger partial charge is 0.478 e. The van der Waals surface area contributed by atoms with E-state index in [1.165, 1.54) is 0 Å². The zero-order valence-electron chi connectivity index (χ0n) is 14.6. The van der Waals surface area contributed by atoms with Crippen molar-refractivity contribution in [3.63, 3.8) is 0 Å². The van der Waals surface area contributed by atoms with E-state index < -0.39 is 11.3 Å². The number of ketones is 1. The van der Waals surface area contributed by atoms with Crippen LogP contribution in [0.25, 0.3) is 0 Å². The predicted molar refractivity (Wildman–Crippen MR) is 90.3 cm³/mol. The molecule has 5 heteroatoms. The molecule has 0 amide bonds. The Morgan fingerprint density at radius 3 is 2.67 bits per heavy atom. The lowest BCUT2D eigenvalue weighted by molar-refractivity contribution is -0.149. The molecule has 0 spiro atoms. The van der Waals surface area contributed by atoms with E-state index in [0.29, 0.717) is 18.1 Å². The van der Waals surface area contributed by atoms with E-state index in [1.54, 1.807) is 13.0 Å². The van der Waals surface area contributed by atoms with E-state index in [1.807, 2.05) is 39.0 Å². The Hall–Kier alpha value is -2.17. The molecule has 1 aromatic rings. The van der Waals surface area contributed by atoms with Gasteiger partial charge in [-0.3, -0.25) is 9.59 Å². The monoisotopic (exact) mass is 329 g/mol. The number of esters is 1. The topological polar surface area (TPSA) is 65.0 Å². The number of aliphatic imine (C=N–C) groups is 1. The van der Waals surface area contributed by atoms with Gasteiger partial charge in [0.25, 0.3) is 0 Å². The first kappa shape index (κ1) is 16.7. The van der Waals surface area contributed by atoms with E-state index in [4.69, 9.17) is 14.5 Å². The maximum absolute atomic E-state index is 12.6. The van der Waals surface area contributed by atoms with Crippen molar-refractivity contribution in [1.29, 1.82) is 0 Å². The molecule has 0 saturated carbocycles. The Labute approximate surface area is 142 Å². The number of nitrogens with zero attached hydrogens (tertiary/aromatic N) is 1. The van der Waals surface area contributed by atoms with Crippen LogP contribution in [-0.2, 0) is 19.7 Å². The Balaban J connectivity index is 2.18. The maximum Gasteiger partial charge on any atom is 0.310 e. The number of ether oxygens (including phenoxy) is 2. The van der Waals surface area contributed by atoms with Crippen LogP contribution in [0.1, 0.15) is 50.0 Å². The lowest BCUT2D eigenvalue weighted by Crippen LogP contribution is -2.49. The van der Waals surface area contributed by atoms with Gasteiger partial charge in [-0.15, -0.1) is 0 Å². The summed E-state index contributed by atoms with van der Waals surface area (Å²) in [6.07, 6.45) is 0.106. The van der Waals surface area contributed by atoms with Crippen molar-refractivity contribution in [1.82, 2.24) is 0 Å². The minimum Gasteiger partial charge on any atom is -0.478 e. The Morgan fingerprint density at radius 2 is 2.04 bits per heavy atom. The number of Topliss-reactive ketones (excluding diaryl/α,β-unsaturated/α-hetero) is 1. The minimum absolute atomic E-state index is 0.0426. The first-order valence-corrected chi connectivity index (χ1v) is 8.32. The number of rotatable bonds is 3. The van der Waals surface area contributed by atoms with Gasteiger partial charge < -0.3 is 9.47 Å². The number of hydrogen-bond acceptors (Lipinski definition) is 5. The third-order valence-corrected chi connectivity index (χ3v) is 4.86. The van der Waals surface area contributed by atoms with Gasteiger partial charge >= 0.3 is 5.97 Å². The molecule has 5 nitrogen and oxygen atoms in total. The molecule has 3 rings (SSSR count). The summed E-state index contributed by atoms with van der Waals surface area (Å²) in [5.41, 5.74) is 0.283. The van der Waals surface area contributed by atoms with E-state index in [0.717, 1.165) is 5.56 Å². The van der Waals surface area contributed by atoms with Crippen LogP contribution in [-0.4, -0.2) is 36.4 Å². The second-order valence-electron chi connectivity index (χ2n) is 7.20. The second-order valence-corrected chi connectivity index (χ2v) is 7.20. The molecule has 0 saturated heterocycles. The van der Waals surface area contributed by atoms with Gasteiger partial charge in [-0.05, 0) is 33.3 Å². The maximum atomic E-state index is 12.6. The summed E-state index contributed by atoms with van der Waals surface area (Å²) in [5.74, 6) is -0.532. The lowest BCUT2D eigenvalue weighted by atomic mass is 9.63. The van der Waals surface area contributed by atoms with Gasteiger partial charge in [-0.2, -0.15) is 0 Å². The van der Waals surface area contributed by atoms with Crippen LogP contribution < -0.4 is 0 Å². The number of hydrogen-bond donors (Lipinski definition) is 0. The molecule has 24 heavy (non-hydrogen) atoms. The van der Waals surface area contributed by atoms with Gasteiger partial charge in [0, 0.05) is 12.0 Å². The van der Waals surface area contributed by atoms with Gasteiger partial charge in [-0.1, -0.05) is 24.3 Å². The summed E-state index contributed by atoms with van der Waals surface area (Å²) in [4.78, 5) is 29.9. The highest BCUT2D eigenvalue weighted by Crippen LogP contribution is 2.45. The van der Waals surface area contributed by atoms with Gasteiger partial charge in [-0.25, -0.2) is 4.99 Å². The molecular formula is C19H23NO4. The molecule has 2 atom stereocenters. The highest BCUT2D eigenvalue weighted by atomic mass is 16.5. The minimum atomic E-state index is -0.801. The van der Waals surface area contributed by atoms with Crippen molar-refractivity contribution in [2.24, 2.45) is 10.9 Å². The molecule has 0 aromatic heterocycles. The molecule has 1 aliphatic carbocycles. The SMILES string of the molecule is CCOC(=O)[C@H]1CC(=O)c2ccccc2[C@@]1(C)C1=NC(C)(C)CO1. The average molecular weight is 329 g/mol. The highest BCUT2D eigenvalue weighted by Gasteiger charge is 2.54. The van der Waals surface area contributed by atoms with Crippen molar-refractivity contribution in [2.45, 2.75) is 45.1 Å². The lowest BCUT2D eigenvalue weighted by Gasteiger charge is -2.39. The molecule has 0 fully saturated rings. The summed E-state index contributed by atoms with van der Waals surface area (Å²) in [5, 5.41) is 0. The summed E-state index contributed by atoms with van der Waals surface area (Å²) in [7, 11) is 0. The third kappa shape index (κ3) is 2.52. The van der Waals surface area contributed by atoms with Gasteiger partial charge in [0.05, 0.1) is 23.5 Å². The van der Waals surface area contributed by atoms with E-state index >= 15 is 0 Å². The summed E-state index contributed by atoms with van der Waals surface area (Å²) >= 11 is 0. The zero-order valence-corrected chi connectivity index (χ0v) is 14.6. The molecule has 1 aromatic carbocycles. The molecule has 0 radical (unpaired) electrons. The number of carbonyl (C=O) groups excluding carboxylic acids is 2. The fourth-order valence-electron chi connectivity index (χ4n) is 3.54. The van der Waals surface area contributed by atoms with Crippen molar-refractivity contribution in [3.05, 3.63) is 35.4 Å². The molecule has 0 N–H and O–H groups in total. The van der Waals surface area contributed by atoms with Gasteiger partial charge in [0.15, 0.2) is 11.7 Å².